The summed E-state index contributed by atoms with van der Waals surface area (Å²) in [4.78, 5) is 47.0. The highest BCUT2D eigenvalue weighted by Gasteiger charge is 2.48. The number of carbonyl (C=O) groups is 3. The van der Waals surface area contributed by atoms with Crippen LogP contribution in [0.1, 0.15) is 77.2 Å². The number of nitrogens with zero attached hydrogens (tertiary/aromatic N) is 2. The number of alkyl halides is 2. The number of sulfonamides is 1. The van der Waals surface area contributed by atoms with Crippen molar-refractivity contribution in [1.82, 2.24) is 9.62 Å². The number of benzene rings is 3. The lowest BCUT2D eigenvalue weighted by Gasteiger charge is -2.49. The number of carbonyl (C=O) groups excluding carboxylic acids is 3. The van der Waals surface area contributed by atoms with E-state index in [2.05, 4.69) is 10.2 Å². The topological polar surface area (TPSA) is 124 Å². The number of ketones is 2. The molecule has 1 aliphatic heterocycles. The van der Waals surface area contributed by atoms with Crippen molar-refractivity contribution in [3.05, 3.63) is 110 Å². The summed E-state index contributed by atoms with van der Waals surface area (Å²) < 4.78 is 56.0. The van der Waals surface area contributed by atoms with Crippen molar-refractivity contribution in [2.75, 3.05) is 12.8 Å². The highest BCUT2D eigenvalue weighted by Crippen LogP contribution is 2.48. The van der Waals surface area contributed by atoms with Gasteiger partial charge in [-0.15, -0.1) is 0 Å². The van der Waals surface area contributed by atoms with Gasteiger partial charge in [0.25, 0.3) is 5.91 Å². The van der Waals surface area contributed by atoms with Crippen molar-refractivity contribution in [2.45, 2.75) is 69.2 Å². The zero-order valence-electron chi connectivity index (χ0n) is 26.2. The average Bonchev–Trinajstić information content (AvgIpc) is 3.03. The van der Waals surface area contributed by atoms with Crippen LogP contribution < -0.4 is 4.72 Å². The van der Waals surface area contributed by atoms with E-state index < -0.39 is 63.7 Å². The number of amides is 1. The molecule has 1 saturated carbocycles. The quantitative estimate of drug-likeness (QED) is 0.161. The second-order valence-electron chi connectivity index (χ2n) is 12.1. The van der Waals surface area contributed by atoms with Gasteiger partial charge in [0, 0.05) is 40.2 Å². The van der Waals surface area contributed by atoms with Crippen LogP contribution in [0.25, 0.3) is 5.48 Å². The standard InChI is InChI=1S/C34H34Cl2F2N3O6S/c1-20(42)34(37,38)22-9-7-8-21(16-22)19-47-39-18-30(43)31-24-10-3-4-11-25(24)33(44)41(32(31)26-15-14-23(35)17-27(26)36)29-13-6-5-12-28(29)40-48(2,45)46/h3-4,7-11,14-17,28-29,31-32,40H,5-6,12-13,18-19H2,1-2H3/q-1/t28-,29-,31-,32-/m0/s1. The van der Waals surface area contributed by atoms with E-state index in [0.717, 1.165) is 38.2 Å². The third kappa shape index (κ3) is 7.79. The van der Waals surface area contributed by atoms with Crippen LogP contribution in [0, 0.1) is 0 Å². The summed E-state index contributed by atoms with van der Waals surface area (Å²) in [6.07, 6.45) is 3.53. The Hall–Kier alpha value is -3.26. The van der Waals surface area contributed by atoms with Gasteiger partial charge in [-0.05, 0) is 53.8 Å². The molecule has 0 bridgehead atoms. The van der Waals surface area contributed by atoms with Crippen molar-refractivity contribution in [1.29, 1.82) is 0 Å². The maximum atomic E-state index is 14.4. The molecule has 14 heteroatoms. The number of halogens is 4. The first-order valence-corrected chi connectivity index (χ1v) is 18.0. The van der Waals surface area contributed by atoms with Crippen molar-refractivity contribution in [3.63, 3.8) is 0 Å². The molecule has 0 aromatic heterocycles. The van der Waals surface area contributed by atoms with Crippen LogP contribution in [0.2, 0.25) is 10.0 Å². The van der Waals surface area contributed by atoms with Gasteiger partial charge in [0.05, 0.1) is 24.8 Å². The SMILES string of the molecule is CC(=O)C(F)(F)c1cccc(CO[N-]CC(=O)[C@@H]2c3ccccc3C(=O)N([C@H]3CCCC[C@@H]3NS(C)(=O)=O)[C@H]2c2ccc(Cl)cc2Cl)c1. The molecule has 2 aliphatic rings. The zero-order chi connectivity index (χ0) is 34.8. The van der Waals surface area contributed by atoms with E-state index >= 15 is 0 Å². The lowest BCUT2D eigenvalue weighted by molar-refractivity contribution is -0.142. The van der Waals surface area contributed by atoms with Crippen LogP contribution >= 0.6 is 23.2 Å². The Morgan fingerprint density at radius 3 is 2.46 bits per heavy atom. The Morgan fingerprint density at radius 2 is 1.75 bits per heavy atom. The first-order chi connectivity index (χ1) is 22.7. The van der Waals surface area contributed by atoms with Gasteiger partial charge in [-0.25, -0.2) is 13.1 Å². The van der Waals surface area contributed by atoms with Crippen LogP contribution in [0.3, 0.4) is 0 Å². The molecule has 0 radical (unpaired) electrons. The molecule has 48 heavy (non-hydrogen) atoms. The Bertz CT molecular complexity index is 1830. The number of rotatable bonds is 12. The second kappa shape index (κ2) is 14.7. The molecule has 256 valence electrons. The molecule has 1 heterocycles. The van der Waals surface area contributed by atoms with E-state index in [0.29, 0.717) is 40.1 Å². The highest BCUT2D eigenvalue weighted by atomic mass is 35.5. The van der Waals surface area contributed by atoms with Gasteiger partial charge < -0.3 is 20.0 Å². The van der Waals surface area contributed by atoms with Crippen LogP contribution in [0.5, 0.6) is 0 Å². The molecule has 0 spiro atoms. The predicted octanol–water partition coefficient (Wildman–Crippen LogP) is 6.89. The molecule has 0 unspecified atom stereocenters. The third-order valence-electron chi connectivity index (χ3n) is 8.73. The number of Topliss-reactive ketones (excluding diaryl/α,β-unsaturated/α-hetero) is 2. The number of hydrogen-bond donors (Lipinski definition) is 1. The van der Waals surface area contributed by atoms with E-state index in [1.165, 1.54) is 18.2 Å². The zero-order valence-corrected chi connectivity index (χ0v) is 28.5. The summed E-state index contributed by atoms with van der Waals surface area (Å²) in [5.74, 6) is -6.72. The molecule has 5 rings (SSSR count). The van der Waals surface area contributed by atoms with Gasteiger partial charge in [0.1, 0.15) is 5.78 Å². The summed E-state index contributed by atoms with van der Waals surface area (Å²) in [5.41, 5.74) is 5.01. The van der Waals surface area contributed by atoms with Crippen molar-refractivity contribution < 1.29 is 36.4 Å². The fourth-order valence-electron chi connectivity index (χ4n) is 6.58. The second-order valence-corrected chi connectivity index (χ2v) is 14.7. The Labute approximate surface area is 287 Å². The van der Waals surface area contributed by atoms with Crippen LogP contribution in [0.4, 0.5) is 8.78 Å². The monoisotopic (exact) mass is 720 g/mol. The van der Waals surface area contributed by atoms with Crippen LogP contribution in [-0.4, -0.2) is 55.7 Å². The van der Waals surface area contributed by atoms with Gasteiger partial charge >= 0.3 is 5.92 Å². The summed E-state index contributed by atoms with van der Waals surface area (Å²) in [6.45, 7) is 0.110. The number of fused-ring (bicyclic) bond motifs is 1. The van der Waals surface area contributed by atoms with Gasteiger partial charge in [-0.2, -0.15) is 8.78 Å². The third-order valence-corrected chi connectivity index (χ3v) is 10.0. The smallest absolute Gasteiger partial charge is 0.330 e. The number of hydroxylamine groups is 1. The molecule has 3 aromatic rings. The molecule has 0 saturated heterocycles. The molecule has 1 fully saturated rings. The van der Waals surface area contributed by atoms with E-state index in [1.54, 1.807) is 41.3 Å². The summed E-state index contributed by atoms with van der Waals surface area (Å²) in [7, 11) is -3.64. The van der Waals surface area contributed by atoms with E-state index in [-0.39, 0.29) is 17.5 Å². The minimum absolute atomic E-state index is 0.223. The Kier molecular flexibility index (Phi) is 11.0. The van der Waals surface area contributed by atoms with Gasteiger partial charge in [-0.1, -0.05) is 85.1 Å². The fraction of sp³-hybridized carbons (Fsp3) is 0.382. The largest absolute Gasteiger partial charge is 0.528 e. The van der Waals surface area contributed by atoms with Gasteiger partial charge in [-0.3, -0.25) is 9.59 Å². The normalized spacial score (nSPS) is 21.5. The Morgan fingerprint density at radius 1 is 1.02 bits per heavy atom. The maximum absolute atomic E-state index is 14.4. The van der Waals surface area contributed by atoms with Crippen molar-refractivity contribution in [2.24, 2.45) is 0 Å². The maximum Gasteiger partial charge on any atom is 0.330 e. The first-order valence-electron chi connectivity index (χ1n) is 15.3. The molecule has 9 nitrogen and oxygen atoms in total. The van der Waals surface area contributed by atoms with Gasteiger partial charge in [0.15, 0.2) is 0 Å². The molecule has 4 atom stereocenters. The van der Waals surface area contributed by atoms with Crippen LogP contribution in [-0.2, 0) is 37.0 Å². The molecular formula is C34H34Cl2F2N3O6S-. The molecular weight excluding hydrogens is 687 g/mol. The number of nitrogens with one attached hydrogen (secondary N) is 1. The summed E-state index contributed by atoms with van der Waals surface area (Å²) in [5, 5.41) is 0.574. The lowest BCUT2D eigenvalue weighted by Crippen LogP contribution is -2.58. The number of hydrogen-bond acceptors (Lipinski definition) is 6. The summed E-state index contributed by atoms with van der Waals surface area (Å²) >= 11 is 13.0. The van der Waals surface area contributed by atoms with E-state index in [9.17, 15) is 31.6 Å². The van der Waals surface area contributed by atoms with Crippen LogP contribution in [0.15, 0.2) is 66.7 Å². The Balaban J connectivity index is 1.48. The van der Waals surface area contributed by atoms with Crippen molar-refractivity contribution >= 4 is 50.7 Å². The molecule has 1 amide bonds. The van der Waals surface area contributed by atoms with Gasteiger partial charge in [0.2, 0.25) is 15.8 Å². The first kappa shape index (κ1) is 36.0. The van der Waals surface area contributed by atoms with E-state index in [1.807, 2.05) is 0 Å². The highest BCUT2D eigenvalue weighted by molar-refractivity contribution is 7.88. The predicted molar refractivity (Wildman–Crippen MR) is 178 cm³/mol. The lowest BCUT2D eigenvalue weighted by atomic mass is 9.75. The van der Waals surface area contributed by atoms with Crippen molar-refractivity contribution in [3.8, 4) is 0 Å². The molecule has 1 N–H and O–H groups in total. The molecule has 1 aliphatic carbocycles. The van der Waals surface area contributed by atoms with E-state index in [4.69, 9.17) is 28.0 Å². The fourth-order valence-corrected chi connectivity index (χ4v) is 7.93. The summed E-state index contributed by atoms with van der Waals surface area (Å²) in [6, 6.07) is 14.5. The average molecular weight is 722 g/mol. The minimum atomic E-state index is -3.66. The molecule has 3 aromatic carbocycles. The minimum Gasteiger partial charge on any atom is -0.528 e.